The summed E-state index contributed by atoms with van der Waals surface area (Å²) in [4.78, 5) is 0.230. The second-order valence-corrected chi connectivity index (χ2v) is 8.03. The van der Waals surface area contributed by atoms with E-state index in [1.165, 1.54) is 20.3 Å². The van der Waals surface area contributed by atoms with Gasteiger partial charge in [0.25, 0.3) is 0 Å². The molecule has 0 aliphatic heterocycles. The minimum atomic E-state index is -3.62. The molecule has 0 saturated heterocycles. The Hall–Kier alpha value is -2.05. The summed E-state index contributed by atoms with van der Waals surface area (Å²) < 4.78 is 38.6. The highest BCUT2D eigenvalue weighted by molar-refractivity contribution is 7.89. The molecule has 2 aromatic carbocycles. The molecule has 0 aromatic heterocycles. The van der Waals surface area contributed by atoms with E-state index >= 15 is 0 Å². The van der Waals surface area contributed by atoms with Crippen LogP contribution >= 0.6 is 0 Å². The van der Waals surface area contributed by atoms with Gasteiger partial charge in [-0.3, -0.25) is 0 Å². The number of methoxy groups -OCH3 is 2. The van der Waals surface area contributed by atoms with Gasteiger partial charge in [-0.2, -0.15) is 4.31 Å². The zero-order chi connectivity index (χ0) is 17.9. The molecule has 0 N–H and O–H groups in total. The van der Waals surface area contributed by atoms with Crippen molar-refractivity contribution in [3.05, 3.63) is 54.1 Å². The summed E-state index contributed by atoms with van der Waals surface area (Å²) in [6, 6.07) is 14.5. The Morgan fingerprint density at radius 2 is 1.68 bits per heavy atom. The van der Waals surface area contributed by atoms with Crippen LogP contribution in [0.4, 0.5) is 0 Å². The predicted molar refractivity (Wildman–Crippen MR) is 96.4 cm³/mol. The second-order valence-electron chi connectivity index (χ2n) is 6.14. The van der Waals surface area contributed by atoms with Crippen molar-refractivity contribution in [3.63, 3.8) is 0 Å². The van der Waals surface area contributed by atoms with Crippen LogP contribution in [0.2, 0.25) is 0 Å². The number of hydrogen-bond donors (Lipinski definition) is 0. The number of hydrogen-bond acceptors (Lipinski definition) is 4. The molecule has 1 fully saturated rings. The van der Waals surface area contributed by atoms with Crippen LogP contribution in [-0.4, -0.2) is 33.0 Å². The van der Waals surface area contributed by atoms with Crippen LogP contribution in [0.1, 0.15) is 24.8 Å². The highest BCUT2D eigenvalue weighted by atomic mass is 32.2. The summed E-state index contributed by atoms with van der Waals surface area (Å²) in [6.45, 7) is 0.377. The first-order valence-electron chi connectivity index (χ1n) is 8.34. The lowest BCUT2D eigenvalue weighted by Gasteiger charge is -2.36. The van der Waals surface area contributed by atoms with Crippen molar-refractivity contribution in [3.8, 4) is 11.5 Å². The monoisotopic (exact) mass is 361 g/mol. The van der Waals surface area contributed by atoms with E-state index in [0.29, 0.717) is 18.0 Å². The summed E-state index contributed by atoms with van der Waals surface area (Å²) in [5, 5.41) is 0. The molecule has 0 amide bonds. The third-order valence-electron chi connectivity index (χ3n) is 4.62. The zero-order valence-corrected chi connectivity index (χ0v) is 15.3. The van der Waals surface area contributed by atoms with Gasteiger partial charge in [0.15, 0.2) is 11.5 Å². The summed E-state index contributed by atoms with van der Waals surface area (Å²) in [6.07, 6.45) is 2.87. The van der Waals surface area contributed by atoms with E-state index in [1.54, 1.807) is 16.4 Å². The number of rotatable bonds is 7. The molecule has 0 spiro atoms. The van der Waals surface area contributed by atoms with Crippen LogP contribution < -0.4 is 9.47 Å². The Bertz CT molecular complexity index is 817. The third-order valence-corrected chi connectivity index (χ3v) is 6.52. The van der Waals surface area contributed by atoms with Crippen LogP contribution in [0.5, 0.6) is 11.5 Å². The van der Waals surface area contributed by atoms with E-state index in [-0.39, 0.29) is 10.9 Å². The average molecular weight is 361 g/mol. The van der Waals surface area contributed by atoms with Gasteiger partial charge < -0.3 is 9.47 Å². The minimum absolute atomic E-state index is 0.0540. The summed E-state index contributed by atoms with van der Waals surface area (Å²) in [5.41, 5.74) is 0.985. The molecule has 5 nitrogen and oxygen atoms in total. The lowest BCUT2D eigenvalue weighted by atomic mass is 9.93. The molecule has 2 aromatic rings. The summed E-state index contributed by atoms with van der Waals surface area (Å²) >= 11 is 0. The van der Waals surface area contributed by atoms with Gasteiger partial charge in [0.1, 0.15) is 0 Å². The van der Waals surface area contributed by atoms with Crippen molar-refractivity contribution in [1.29, 1.82) is 0 Å². The van der Waals surface area contributed by atoms with Crippen molar-refractivity contribution in [2.45, 2.75) is 36.7 Å². The van der Waals surface area contributed by atoms with Crippen molar-refractivity contribution in [2.24, 2.45) is 0 Å². The first-order valence-corrected chi connectivity index (χ1v) is 9.78. The fourth-order valence-electron chi connectivity index (χ4n) is 2.96. The van der Waals surface area contributed by atoms with Gasteiger partial charge in [-0.1, -0.05) is 36.8 Å². The molecule has 25 heavy (non-hydrogen) atoms. The second kappa shape index (κ2) is 7.45. The SMILES string of the molecule is COc1ccc(S(=O)(=O)N(Cc2ccccc2)C2CCC2)cc1OC. The Labute approximate surface area is 149 Å². The quantitative estimate of drug-likeness (QED) is 0.758. The van der Waals surface area contributed by atoms with E-state index in [0.717, 1.165) is 24.8 Å². The molecule has 0 bridgehead atoms. The van der Waals surface area contributed by atoms with E-state index < -0.39 is 10.0 Å². The van der Waals surface area contributed by atoms with Crippen LogP contribution in [0.15, 0.2) is 53.4 Å². The lowest BCUT2D eigenvalue weighted by Crippen LogP contribution is -2.43. The Balaban J connectivity index is 1.96. The average Bonchev–Trinajstić information content (AvgIpc) is 2.59. The molecule has 3 rings (SSSR count). The molecule has 0 unspecified atom stereocenters. The van der Waals surface area contributed by atoms with E-state index in [2.05, 4.69) is 0 Å². The third kappa shape index (κ3) is 3.65. The van der Waals surface area contributed by atoms with Gasteiger partial charge in [-0.15, -0.1) is 0 Å². The molecule has 0 heterocycles. The highest BCUT2D eigenvalue weighted by Gasteiger charge is 2.35. The van der Waals surface area contributed by atoms with Crippen molar-refractivity contribution in [2.75, 3.05) is 14.2 Å². The smallest absolute Gasteiger partial charge is 0.243 e. The molecule has 0 radical (unpaired) electrons. The maximum absolute atomic E-state index is 13.3. The van der Waals surface area contributed by atoms with Crippen LogP contribution in [0.3, 0.4) is 0 Å². The first kappa shape index (κ1) is 17.8. The van der Waals surface area contributed by atoms with E-state index in [4.69, 9.17) is 9.47 Å². The van der Waals surface area contributed by atoms with Gasteiger partial charge in [0, 0.05) is 18.7 Å². The molecule has 6 heteroatoms. The molecule has 1 saturated carbocycles. The van der Waals surface area contributed by atoms with Crippen LogP contribution in [-0.2, 0) is 16.6 Å². The van der Waals surface area contributed by atoms with Crippen LogP contribution in [0.25, 0.3) is 0 Å². The fourth-order valence-corrected chi connectivity index (χ4v) is 4.65. The Morgan fingerprint density at radius 3 is 2.24 bits per heavy atom. The zero-order valence-electron chi connectivity index (χ0n) is 14.5. The first-order chi connectivity index (χ1) is 12.1. The fraction of sp³-hybridized carbons (Fsp3) is 0.368. The topological polar surface area (TPSA) is 55.8 Å². The van der Waals surface area contributed by atoms with Gasteiger partial charge in [-0.05, 0) is 30.5 Å². The maximum atomic E-state index is 13.3. The molecular weight excluding hydrogens is 338 g/mol. The van der Waals surface area contributed by atoms with Crippen LogP contribution in [0, 0.1) is 0 Å². The molecule has 134 valence electrons. The van der Waals surface area contributed by atoms with Gasteiger partial charge in [0.05, 0.1) is 19.1 Å². The number of sulfonamides is 1. The number of nitrogens with zero attached hydrogens (tertiary/aromatic N) is 1. The Morgan fingerprint density at radius 1 is 1.00 bits per heavy atom. The summed E-state index contributed by atoms with van der Waals surface area (Å²) in [7, 11) is -0.587. The molecule has 1 aliphatic rings. The minimum Gasteiger partial charge on any atom is -0.493 e. The number of ether oxygens (including phenoxy) is 2. The van der Waals surface area contributed by atoms with E-state index in [1.807, 2.05) is 30.3 Å². The summed E-state index contributed by atoms with van der Waals surface area (Å²) in [5.74, 6) is 0.927. The van der Waals surface area contributed by atoms with Crippen molar-refractivity contribution < 1.29 is 17.9 Å². The van der Waals surface area contributed by atoms with Gasteiger partial charge in [-0.25, -0.2) is 8.42 Å². The number of benzene rings is 2. The van der Waals surface area contributed by atoms with E-state index in [9.17, 15) is 8.42 Å². The van der Waals surface area contributed by atoms with Crippen molar-refractivity contribution >= 4 is 10.0 Å². The molecule has 1 aliphatic carbocycles. The maximum Gasteiger partial charge on any atom is 0.243 e. The lowest BCUT2D eigenvalue weighted by molar-refractivity contribution is 0.213. The van der Waals surface area contributed by atoms with Crippen molar-refractivity contribution in [1.82, 2.24) is 4.31 Å². The standard InChI is InChI=1S/C19H23NO4S/c1-23-18-12-11-17(13-19(18)24-2)25(21,22)20(16-9-6-10-16)14-15-7-4-3-5-8-15/h3-5,7-8,11-13,16H,6,9-10,14H2,1-2H3. The normalized spacial score (nSPS) is 15.0. The molecular formula is C19H23NO4S. The van der Waals surface area contributed by atoms with Gasteiger partial charge >= 0.3 is 0 Å². The molecule has 0 atom stereocenters. The Kier molecular flexibility index (Phi) is 5.30. The highest BCUT2D eigenvalue weighted by Crippen LogP contribution is 2.35. The largest absolute Gasteiger partial charge is 0.493 e. The van der Waals surface area contributed by atoms with Gasteiger partial charge in [0.2, 0.25) is 10.0 Å². The predicted octanol–water partition coefficient (Wildman–Crippen LogP) is 3.45.